The highest BCUT2D eigenvalue weighted by Crippen LogP contribution is 2.44. The monoisotopic (exact) mass is 566 g/mol. The number of halogens is 1. The Morgan fingerprint density at radius 2 is 1.83 bits per heavy atom. The predicted molar refractivity (Wildman–Crippen MR) is 166 cm³/mol. The highest BCUT2D eigenvalue weighted by atomic mass is 35.5. The first-order valence-electron chi connectivity index (χ1n) is 14.2. The van der Waals surface area contributed by atoms with Crippen LogP contribution < -0.4 is 14.9 Å². The van der Waals surface area contributed by atoms with E-state index >= 15 is 0 Å². The molecule has 5 nitrogen and oxygen atoms in total. The van der Waals surface area contributed by atoms with Crippen LogP contribution in [-0.2, 0) is 12.0 Å². The molecule has 6 rings (SSSR count). The van der Waals surface area contributed by atoms with Crippen LogP contribution in [-0.4, -0.2) is 34.0 Å². The molecule has 2 N–H and O–H groups in total. The van der Waals surface area contributed by atoms with Gasteiger partial charge in [-0.3, -0.25) is 0 Å². The number of allylic oxidation sites excluding steroid dienone is 4. The molecule has 7 heteroatoms. The minimum atomic E-state index is -1.49. The van der Waals surface area contributed by atoms with E-state index in [1.54, 1.807) is 24.3 Å². The molecular formula is C34H34BClNO4+. The van der Waals surface area contributed by atoms with Crippen LogP contribution in [0.15, 0.2) is 89.7 Å². The van der Waals surface area contributed by atoms with Gasteiger partial charge in [0.1, 0.15) is 30.4 Å². The zero-order valence-corrected chi connectivity index (χ0v) is 24.4. The summed E-state index contributed by atoms with van der Waals surface area (Å²) < 4.78 is 15.0. The van der Waals surface area contributed by atoms with Crippen molar-refractivity contribution in [3.8, 4) is 11.5 Å². The summed E-state index contributed by atoms with van der Waals surface area (Å²) in [4.78, 5) is 0. The summed E-state index contributed by atoms with van der Waals surface area (Å²) in [6.45, 7) is 8.01. The fourth-order valence-electron chi connectivity index (χ4n) is 6.10. The smallest absolute Gasteiger partial charge is 0.487 e. The standard InChI is InChI=1S/C34H34BClNO4/c1-4-37-29-11-6-5-10-27(29)34(2,3)32(37)17-14-23-8-7-9-24-18-25-19-28(36)31(20-30(25)41-33(23)24)40-21-22-12-15-26(16-13-22)35(38)39/h5-6,10-20,38-39H,4,7-9,21H2,1-3H3/q+1. The van der Waals surface area contributed by atoms with Crippen LogP contribution in [0.4, 0.5) is 5.69 Å². The first-order valence-corrected chi connectivity index (χ1v) is 14.6. The third-order valence-electron chi connectivity index (χ3n) is 8.31. The van der Waals surface area contributed by atoms with Gasteiger partial charge in [-0.1, -0.05) is 54.1 Å². The predicted octanol–water partition coefficient (Wildman–Crippen LogP) is 6.47. The molecule has 0 saturated carbocycles. The Hall–Kier alpha value is -3.58. The third kappa shape index (κ3) is 5.16. The number of fused-ring (bicyclic) bond motifs is 3. The zero-order chi connectivity index (χ0) is 28.7. The number of rotatable bonds is 7. The molecule has 0 atom stereocenters. The molecule has 2 heterocycles. The minimum absolute atomic E-state index is 0.0805. The van der Waals surface area contributed by atoms with E-state index in [1.165, 1.54) is 28.1 Å². The summed E-state index contributed by atoms with van der Waals surface area (Å²) >= 11 is 6.61. The minimum Gasteiger partial charge on any atom is -0.487 e. The van der Waals surface area contributed by atoms with Crippen molar-refractivity contribution in [3.05, 3.63) is 111 Å². The van der Waals surface area contributed by atoms with Gasteiger partial charge < -0.3 is 19.5 Å². The van der Waals surface area contributed by atoms with E-state index in [4.69, 9.17) is 21.1 Å². The first kappa shape index (κ1) is 27.6. The van der Waals surface area contributed by atoms with Gasteiger partial charge in [-0.05, 0) is 80.4 Å². The van der Waals surface area contributed by atoms with Crippen molar-refractivity contribution in [1.82, 2.24) is 0 Å². The summed E-state index contributed by atoms with van der Waals surface area (Å²) in [5.74, 6) is 2.20. The van der Waals surface area contributed by atoms with Crippen LogP contribution in [0, 0.1) is 0 Å². The maximum Gasteiger partial charge on any atom is 0.488 e. The number of hydrogen-bond donors (Lipinski definition) is 2. The fraction of sp³-hybridized carbons (Fsp3) is 0.265. The molecule has 0 amide bonds. The number of hydrogen-bond acceptors (Lipinski definition) is 4. The topological polar surface area (TPSA) is 61.9 Å². The Kier molecular flexibility index (Phi) is 7.41. The summed E-state index contributed by atoms with van der Waals surface area (Å²) in [6, 6.07) is 19.4. The normalized spacial score (nSPS) is 17.2. The molecule has 1 aliphatic carbocycles. The molecule has 0 unspecified atom stereocenters. The Balaban J connectivity index is 1.27. The Morgan fingerprint density at radius 1 is 1.05 bits per heavy atom. The van der Waals surface area contributed by atoms with Gasteiger partial charge in [0.05, 0.1) is 10.4 Å². The lowest BCUT2D eigenvalue weighted by atomic mass is 9.80. The molecule has 0 aromatic heterocycles. The van der Waals surface area contributed by atoms with Crippen molar-refractivity contribution in [3.63, 3.8) is 0 Å². The zero-order valence-electron chi connectivity index (χ0n) is 23.7. The number of ether oxygens (including phenoxy) is 2. The van der Waals surface area contributed by atoms with E-state index in [0.29, 0.717) is 22.8 Å². The van der Waals surface area contributed by atoms with Crippen LogP contribution in [0.2, 0.25) is 5.02 Å². The summed E-state index contributed by atoms with van der Waals surface area (Å²) in [5, 5.41) is 19.2. The van der Waals surface area contributed by atoms with Crippen molar-refractivity contribution in [2.24, 2.45) is 0 Å². The molecule has 208 valence electrons. The van der Waals surface area contributed by atoms with Crippen LogP contribution in [0.25, 0.3) is 6.08 Å². The molecule has 0 spiro atoms. The second-order valence-electron chi connectivity index (χ2n) is 11.3. The SMILES string of the molecule is CC[N+]1=C(C=CC2=C3Oc4cc(OCc5ccc(B(O)O)cc5)c(Cl)cc4C=C3CCC2)C(C)(C)c2ccccc21. The molecular weight excluding hydrogens is 533 g/mol. The number of para-hydroxylation sites is 1. The molecule has 3 aromatic carbocycles. The van der Waals surface area contributed by atoms with Crippen molar-refractivity contribution in [1.29, 1.82) is 0 Å². The fourth-order valence-corrected chi connectivity index (χ4v) is 6.32. The molecule has 3 aliphatic rings. The summed E-state index contributed by atoms with van der Waals surface area (Å²) in [5.41, 5.74) is 8.54. The van der Waals surface area contributed by atoms with Gasteiger partial charge in [-0.25, -0.2) is 0 Å². The van der Waals surface area contributed by atoms with E-state index in [0.717, 1.165) is 48.4 Å². The van der Waals surface area contributed by atoms with Crippen molar-refractivity contribution in [2.45, 2.75) is 52.1 Å². The van der Waals surface area contributed by atoms with Crippen LogP contribution in [0.1, 0.15) is 56.7 Å². The Bertz CT molecular complexity index is 1630. The Morgan fingerprint density at radius 3 is 2.59 bits per heavy atom. The quantitative estimate of drug-likeness (QED) is 0.254. The second kappa shape index (κ2) is 11.0. The van der Waals surface area contributed by atoms with Crippen LogP contribution >= 0.6 is 11.6 Å². The second-order valence-corrected chi connectivity index (χ2v) is 11.7. The van der Waals surface area contributed by atoms with Gasteiger partial charge in [0, 0.05) is 29.3 Å². The van der Waals surface area contributed by atoms with E-state index in [2.05, 4.69) is 67.8 Å². The molecule has 0 bridgehead atoms. The van der Waals surface area contributed by atoms with Crippen LogP contribution in [0.3, 0.4) is 0 Å². The van der Waals surface area contributed by atoms with E-state index in [9.17, 15) is 10.0 Å². The number of benzene rings is 3. The lowest BCUT2D eigenvalue weighted by Gasteiger charge is -2.27. The Labute approximate surface area is 246 Å². The lowest BCUT2D eigenvalue weighted by molar-refractivity contribution is -0.433. The molecule has 0 radical (unpaired) electrons. The average Bonchev–Trinajstić information content (AvgIpc) is 3.19. The maximum atomic E-state index is 9.32. The highest BCUT2D eigenvalue weighted by Gasteiger charge is 2.43. The summed E-state index contributed by atoms with van der Waals surface area (Å²) in [7, 11) is -1.49. The van der Waals surface area contributed by atoms with Gasteiger partial charge >= 0.3 is 7.12 Å². The van der Waals surface area contributed by atoms with Crippen LogP contribution in [0.5, 0.6) is 11.5 Å². The number of nitrogens with zero attached hydrogens (tertiary/aromatic N) is 1. The molecule has 0 fully saturated rings. The van der Waals surface area contributed by atoms with Gasteiger partial charge in [0.25, 0.3) is 0 Å². The van der Waals surface area contributed by atoms with E-state index in [1.807, 2.05) is 12.1 Å². The van der Waals surface area contributed by atoms with Crippen molar-refractivity contribution >= 4 is 41.7 Å². The van der Waals surface area contributed by atoms with E-state index < -0.39 is 7.12 Å². The van der Waals surface area contributed by atoms with Crippen molar-refractivity contribution in [2.75, 3.05) is 6.54 Å². The van der Waals surface area contributed by atoms with Gasteiger partial charge in [-0.2, -0.15) is 4.58 Å². The van der Waals surface area contributed by atoms with Gasteiger partial charge in [0.2, 0.25) is 5.69 Å². The van der Waals surface area contributed by atoms with Crippen molar-refractivity contribution < 1.29 is 24.1 Å². The summed E-state index contributed by atoms with van der Waals surface area (Å²) in [6.07, 6.45) is 9.72. The molecule has 2 aliphatic heterocycles. The third-order valence-corrected chi connectivity index (χ3v) is 8.61. The highest BCUT2D eigenvalue weighted by molar-refractivity contribution is 6.58. The molecule has 0 saturated heterocycles. The molecule has 41 heavy (non-hydrogen) atoms. The first-order chi connectivity index (χ1) is 19.8. The molecule has 3 aromatic rings. The maximum absolute atomic E-state index is 9.32. The van der Waals surface area contributed by atoms with Gasteiger partial charge in [-0.15, -0.1) is 0 Å². The van der Waals surface area contributed by atoms with E-state index in [-0.39, 0.29) is 5.41 Å². The van der Waals surface area contributed by atoms with Gasteiger partial charge in [0.15, 0.2) is 5.71 Å². The lowest BCUT2D eigenvalue weighted by Crippen LogP contribution is -2.29. The largest absolute Gasteiger partial charge is 0.488 e. The average molecular weight is 567 g/mol.